The zero-order chi connectivity index (χ0) is 12.4. The van der Waals surface area contributed by atoms with Crippen LogP contribution in [-0.4, -0.2) is 37.7 Å². The fraction of sp³-hybridized carbons (Fsp3) is 0.600. The highest BCUT2D eigenvalue weighted by Gasteiger charge is 2.24. The summed E-state index contributed by atoms with van der Waals surface area (Å²) >= 11 is 0. The molecule has 0 bridgehead atoms. The molecule has 1 fully saturated rings. The average Bonchev–Trinajstić information content (AvgIpc) is 2.47. The van der Waals surface area contributed by atoms with Crippen LogP contribution in [-0.2, 0) is 13.0 Å². The smallest absolute Gasteiger partial charge is 0.119 e. The highest BCUT2D eigenvalue weighted by Crippen LogP contribution is 2.26. The summed E-state index contributed by atoms with van der Waals surface area (Å²) in [6.45, 7) is 4.62. The van der Waals surface area contributed by atoms with Gasteiger partial charge in [-0.2, -0.15) is 0 Å². The SMILES string of the molecule is COc1ccc2c(c1)CN(C1CCCNC1)CC2.Cl.Cl. The Morgan fingerprint density at radius 1 is 1.25 bits per heavy atom. The van der Waals surface area contributed by atoms with Gasteiger partial charge in [-0.25, -0.2) is 0 Å². The van der Waals surface area contributed by atoms with E-state index in [2.05, 4.69) is 28.4 Å². The summed E-state index contributed by atoms with van der Waals surface area (Å²) in [6.07, 6.45) is 3.83. The molecule has 1 unspecified atom stereocenters. The molecular weight excluding hydrogens is 295 g/mol. The number of methoxy groups -OCH3 is 1. The lowest BCUT2D eigenvalue weighted by atomic mass is 9.96. The third-order valence-electron chi connectivity index (χ3n) is 4.24. The van der Waals surface area contributed by atoms with Gasteiger partial charge < -0.3 is 10.1 Å². The van der Waals surface area contributed by atoms with E-state index in [1.807, 2.05) is 0 Å². The summed E-state index contributed by atoms with van der Waals surface area (Å²) in [7, 11) is 1.74. The Kier molecular flexibility index (Phi) is 7.10. The van der Waals surface area contributed by atoms with Crippen molar-refractivity contribution in [1.82, 2.24) is 10.2 Å². The van der Waals surface area contributed by atoms with E-state index in [0.29, 0.717) is 0 Å². The summed E-state index contributed by atoms with van der Waals surface area (Å²) in [4.78, 5) is 2.63. The minimum atomic E-state index is 0. The summed E-state index contributed by atoms with van der Waals surface area (Å²) in [5.74, 6) is 0.984. The lowest BCUT2D eigenvalue weighted by molar-refractivity contribution is 0.150. The molecule has 1 N–H and O–H groups in total. The van der Waals surface area contributed by atoms with Gasteiger partial charge in [-0.3, -0.25) is 4.90 Å². The molecule has 0 saturated carbocycles. The predicted molar refractivity (Wildman–Crippen MR) is 87.5 cm³/mol. The molecular formula is C15H24Cl2N2O. The Labute approximate surface area is 133 Å². The first-order valence-electron chi connectivity index (χ1n) is 6.97. The van der Waals surface area contributed by atoms with Crippen molar-refractivity contribution in [3.63, 3.8) is 0 Å². The zero-order valence-electron chi connectivity index (χ0n) is 11.9. The van der Waals surface area contributed by atoms with Crippen molar-refractivity contribution in [2.75, 3.05) is 26.7 Å². The van der Waals surface area contributed by atoms with Gasteiger partial charge in [0.15, 0.2) is 0 Å². The Morgan fingerprint density at radius 3 is 2.80 bits per heavy atom. The first-order valence-corrected chi connectivity index (χ1v) is 6.97. The molecule has 20 heavy (non-hydrogen) atoms. The second kappa shape index (κ2) is 8.08. The molecule has 0 radical (unpaired) electrons. The Balaban J connectivity index is 0.000001000. The van der Waals surface area contributed by atoms with Crippen LogP contribution in [0.5, 0.6) is 5.75 Å². The molecule has 2 heterocycles. The van der Waals surface area contributed by atoms with E-state index in [1.165, 1.54) is 43.5 Å². The third-order valence-corrected chi connectivity index (χ3v) is 4.24. The maximum absolute atomic E-state index is 5.33. The molecule has 1 saturated heterocycles. The van der Waals surface area contributed by atoms with Crippen LogP contribution in [0.3, 0.4) is 0 Å². The molecule has 0 spiro atoms. The van der Waals surface area contributed by atoms with Gasteiger partial charge in [0.2, 0.25) is 0 Å². The quantitative estimate of drug-likeness (QED) is 0.907. The average molecular weight is 319 g/mol. The Morgan fingerprint density at radius 2 is 2.10 bits per heavy atom. The van der Waals surface area contributed by atoms with Crippen molar-refractivity contribution in [2.24, 2.45) is 0 Å². The number of hydrogen-bond donors (Lipinski definition) is 1. The molecule has 2 aliphatic heterocycles. The van der Waals surface area contributed by atoms with Gasteiger partial charge in [-0.1, -0.05) is 6.07 Å². The van der Waals surface area contributed by atoms with E-state index < -0.39 is 0 Å². The van der Waals surface area contributed by atoms with Crippen LogP contribution in [0.4, 0.5) is 0 Å². The number of benzene rings is 1. The van der Waals surface area contributed by atoms with Gasteiger partial charge in [-0.05, 0) is 49.1 Å². The van der Waals surface area contributed by atoms with Crippen molar-refractivity contribution in [2.45, 2.75) is 31.8 Å². The Hall–Kier alpha value is -0.480. The summed E-state index contributed by atoms with van der Waals surface area (Å²) in [5.41, 5.74) is 2.95. The lowest BCUT2D eigenvalue weighted by Gasteiger charge is -2.37. The fourth-order valence-corrected chi connectivity index (χ4v) is 3.14. The topological polar surface area (TPSA) is 24.5 Å². The molecule has 0 amide bonds. The van der Waals surface area contributed by atoms with Gasteiger partial charge in [0, 0.05) is 25.7 Å². The maximum Gasteiger partial charge on any atom is 0.119 e. The second-order valence-electron chi connectivity index (χ2n) is 5.36. The van der Waals surface area contributed by atoms with Crippen LogP contribution < -0.4 is 10.1 Å². The van der Waals surface area contributed by atoms with Crippen LogP contribution in [0.15, 0.2) is 18.2 Å². The highest BCUT2D eigenvalue weighted by molar-refractivity contribution is 5.85. The van der Waals surface area contributed by atoms with Gasteiger partial charge >= 0.3 is 0 Å². The van der Waals surface area contributed by atoms with Gasteiger partial charge in [0.1, 0.15) is 5.75 Å². The number of hydrogen-bond acceptors (Lipinski definition) is 3. The number of rotatable bonds is 2. The van der Waals surface area contributed by atoms with E-state index in [1.54, 1.807) is 7.11 Å². The van der Waals surface area contributed by atoms with Crippen molar-refractivity contribution >= 4 is 24.8 Å². The first kappa shape index (κ1) is 17.6. The number of halogens is 2. The van der Waals surface area contributed by atoms with E-state index in [0.717, 1.165) is 24.9 Å². The first-order chi connectivity index (χ1) is 8.86. The number of nitrogens with one attached hydrogen (secondary N) is 1. The lowest BCUT2D eigenvalue weighted by Crippen LogP contribution is -2.47. The predicted octanol–water partition coefficient (Wildman–Crippen LogP) is 2.65. The van der Waals surface area contributed by atoms with Crippen LogP contribution in [0.2, 0.25) is 0 Å². The molecule has 1 aromatic rings. The summed E-state index contributed by atoms with van der Waals surface area (Å²) in [6, 6.07) is 7.23. The van der Waals surface area contributed by atoms with E-state index in [4.69, 9.17) is 4.74 Å². The molecule has 0 aromatic heterocycles. The van der Waals surface area contributed by atoms with Crippen molar-refractivity contribution < 1.29 is 4.74 Å². The largest absolute Gasteiger partial charge is 0.497 e. The molecule has 5 heteroatoms. The van der Waals surface area contributed by atoms with Gasteiger partial charge in [0.05, 0.1) is 7.11 Å². The molecule has 1 atom stereocenters. The molecule has 3 nitrogen and oxygen atoms in total. The second-order valence-corrected chi connectivity index (χ2v) is 5.36. The molecule has 3 rings (SSSR count). The fourth-order valence-electron chi connectivity index (χ4n) is 3.14. The minimum absolute atomic E-state index is 0. The maximum atomic E-state index is 5.33. The summed E-state index contributed by atoms with van der Waals surface area (Å²) < 4.78 is 5.33. The van der Waals surface area contributed by atoms with Crippen molar-refractivity contribution in [3.8, 4) is 5.75 Å². The number of piperidine rings is 1. The highest BCUT2D eigenvalue weighted by atomic mass is 35.5. The zero-order valence-corrected chi connectivity index (χ0v) is 13.6. The van der Waals surface area contributed by atoms with Crippen LogP contribution in [0, 0.1) is 0 Å². The minimum Gasteiger partial charge on any atom is -0.497 e. The molecule has 0 aliphatic carbocycles. The van der Waals surface area contributed by atoms with E-state index in [9.17, 15) is 0 Å². The monoisotopic (exact) mass is 318 g/mol. The molecule has 1 aromatic carbocycles. The van der Waals surface area contributed by atoms with Gasteiger partial charge in [0.25, 0.3) is 0 Å². The summed E-state index contributed by atoms with van der Waals surface area (Å²) in [5, 5.41) is 3.51. The molecule has 2 aliphatic rings. The van der Waals surface area contributed by atoms with Crippen molar-refractivity contribution in [1.29, 1.82) is 0 Å². The number of fused-ring (bicyclic) bond motifs is 1. The van der Waals surface area contributed by atoms with Crippen LogP contribution in [0.25, 0.3) is 0 Å². The number of nitrogens with zero attached hydrogens (tertiary/aromatic N) is 1. The van der Waals surface area contributed by atoms with Crippen LogP contribution >= 0.6 is 24.8 Å². The van der Waals surface area contributed by atoms with Gasteiger partial charge in [-0.15, -0.1) is 24.8 Å². The number of ether oxygens (including phenoxy) is 1. The van der Waals surface area contributed by atoms with Crippen LogP contribution in [0.1, 0.15) is 24.0 Å². The Bertz CT molecular complexity index is 422. The molecule has 114 valence electrons. The van der Waals surface area contributed by atoms with E-state index >= 15 is 0 Å². The standard InChI is InChI=1S/C15H22N2O.2ClH/c1-18-15-5-4-12-6-8-17(11-13(12)9-15)14-3-2-7-16-10-14;;/h4-5,9,14,16H,2-3,6-8,10-11H2,1H3;2*1H. The third kappa shape index (κ3) is 3.79. The normalized spacial score (nSPS) is 22.1. The van der Waals surface area contributed by atoms with Crippen molar-refractivity contribution in [3.05, 3.63) is 29.3 Å². The van der Waals surface area contributed by atoms with E-state index in [-0.39, 0.29) is 24.8 Å².